The first-order valence-electron chi connectivity index (χ1n) is 10.9. The maximum absolute atomic E-state index is 12.8. The number of hydrogen-bond donors (Lipinski definition) is 2. The third-order valence-electron chi connectivity index (χ3n) is 5.94. The Morgan fingerprint density at radius 2 is 2.03 bits per heavy atom. The first-order chi connectivity index (χ1) is 15.1. The van der Waals surface area contributed by atoms with E-state index in [0.29, 0.717) is 11.4 Å². The number of hydrogen-bond acceptors (Lipinski definition) is 4. The van der Waals surface area contributed by atoms with Gasteiger partial charge in [-0.3, -0.25) is 9.20 Å². The number of pyridine rings is 1. The molecule has 0 spiro atoms. The average molecular weight is 421 g/mol. The molecule has 7 nitrogen and oxygen atoms in total. The summed E-state index contributed by atoms with van der Waals surface area (Å²) in [6, 6.07) is 11.8. The number of aryl methyl sites for hydroxylation is 1. The number of carbonyl (C=O) groups excluding carboxylic acids is 1. The van der Waals surface area contributed by atoms with Crippen molar-refractivity contribution in [2.24, 2.45) is 5.10 Å². The number of hydrazone groups is 1. The molecular formula is C24H30N5O2+. The largest absolute Gasteiger partial charge is 0.496 e. The Bertz CT molecular complexity index is 1110. The van der Waals surface area contributed by atoms with Crippen LogP contribution in [0.1, 0.15) is 53.5 Å². The molecule has 31 heavy (non-hydrogen) atoms. The zero-order valence-electron chi connectivity index (χ0n) is 18.4. The minimum absolute atomic E-state index is 0.276. The summed E-state index contributed by atoms with van der Waals surface area (Å²) in [4.78, 5) is 18.8. The summed E-state index contributed by atoms with van der Waals surface area (Å²) in [5.74, 6) is 0.627. The van der Waals surface area contributed by atoms with E-state index in [2.05, 4.69) is 21.6 Å². The molecule has 0 unspecified atom stereocenters. The molecule has 0 atom stereocenters. The second-order valence-corrected chi connectivity index (χ2v) is 8.13. The quantitative estimate of drug-likeness (QED) is 0.475. The van der Waals surface area contributed by atoms with Crippen molar-refractivity contribution < 1.29 is 14.4 Å². The lowest BCUT2D eigenvalue weighted by atomic mass is 10.0. The number of imidazole rings is 1. The van der Waals surface area contributed by atoms with Crippen LogP contribution in [-0.4, -0.2) is 41.2 Å². The van der Waals surface area contributed by atoms with Gasteiger partial charge >= 0.3 is 0 Å². The average Bonchev–Trinajstić information content (AvgIpc) is 3.13. The van der Waals surface area contributed by atoms with Crippen LogP contribution in [0.4, 0.5) is 0 Å². The monoisotopic (exact) mass is 420 g/mol. The molecule has 4 rings (SSSR count). The molecule has 1 fully saturated rings. The van der Waals surface area contributed by atoms with Gasteiger partial charge in [0.25, 0.3) is 5.91 Å². The molecule has 0 bridgehead atoms. The topological polar surface area (TPSA) is 72.4 Å². The van der Waals surface area contributed by atoms with E-state index >= 15 is 0 Å². The zero-order valence-corrected chi connectivity index (χ0v) is 18.4. The second kappa shape index (κ2) is 9.31. The smallest absolute Gasteiger partial charge is 0.290 e. The maximum Gasteiger partial charge on any atom is 0.290 e. The number of likely N-dealkylation sites (tertiary alicyclic amines) is 1. The number of quaternary nitrogens is 1. The Morgan fingerprint density at radius 3 is 2.81 bits per heavy atom. The molecule has 1 aliphatic heterocycles. The summed E-state index contributed by atoms with van der Waals surface area (Å²) in [7, 11) is 1.71. The van der Waals surface area contributed by atoms with Crippen LogP contribution >= 0.6 is 0 Å². The molecule has 2 aromatic heterocycles. The third kappa shape index (κ3) is 4.61. The number of ether oxygens (including phenoxy) is 1. The molecule has 1 saturated heterocycles. The van der Waals surface area contributed by atoms with Crippen molar-refractivity contribution in [3.05, 3.63) is 65.1 Å². The molecule has 0 aliphatic carbocycles. The van der Waals surface area contributed by atoms with Gasteiger partial charge in [-0.25, -0.2) is 10.4 Å². The van der Waals surface area contributed by atoms with E-state index in [9.17, 15) is 4.79 Å². The van der Waals surface area contributed by atoms with Crippen LogP contribution in [0, 0.1) is 6.92 Å². The Labute approximate surface area is 182 Å². The van der Waals surface area contributed by atoms with Gasteiger partial charge in [0.2, 0.25) is 0 Å². The number of nitrogens with one attached hydrogen (secondary N) is 2. The molecule has 0 saturated carbocycles. The highest BCUT2D eigenvalue weighted by atomic mass is 16.5. The van der Waals surface area contributed by atoms with Crippen LogP contribution in [0.2, 0.25) is 0 Å². The van der Waals surface area contributed by atoms with Crippen LogP contribution in [-0.2, 0) is 6.54 Å². The third-order valence-corrected chi connectivity index (χ3v) is 5.94. The maximum atomic E-state index is 12.8. The van der Waals surface area contributed by atoms with Crippen molar-refractivity contribution in [2.45, 2.75) is 39.7 Å². The van der Waals surface area contributed by atoms with E-state index in [1.54, 1.807) is 16.4 Å². The summed E-state index contributed by atoms with van der Waals surface area (Å²) >= 11 is 0. The molecule has 1 amide bonds. The van der Waals surface area contributed by atoms with E-state index < -0.39 is 0 Å². The van der Waals surface area contributed by atoms with Gasteiger partial charge in [-0.1, -0.05) is 6.07 Å². The summed E-state index contributed by atoms with van der Waals surface area (Å²) in [6.07, 6.45) is 5.73. The molecule has 3 aromatic rings. The summed E-state index contributed by atoms with van der Waals surface area (Å²) in [5.41, 5.74) is 7.51. The standard InChI is InChI=1S/C24H29N5O2/c1-17(26-27-24(30)23-18(2)25-22-9-5-8-14-29(22)23)19-10-11-21(31-3)20(15-19)16-28-12-6-4-7-13-28/h5,8-11,14-15H,4,6-7,12-13,16H2,1-3H3,(H,27,30)/p+1/b26-17-. The van der Waals surface area contributed by atoms with Crippen LogP contribution in [0.15, 0.2) is 47.7 Å². The number of carbonyl (C=O) groups is 1. The van der Waals surface area contributed by atoms with Gasteiger partial charge in [0, 0.05) is 11.8 Å². The highest BCUT2D eigenvalue weighted by molar-refractivity contribution is 6.01. The van der Waals surface area contributed by atoms with Gasteiger partial charge in [-0.2, -0.15) is 5.10 Å². The van der Waals surface area contributed by atoms with Crippen LogP contribution < -0.4 is 15.1 Å². The molecule has 7 heteroatoms. The number of piperidine rings is 1. The van der Waals surface area contributed by atoms with Gasteiger partial charge in [0.1, 0.15) is 23.6 Å². The van der Waals surface area contributed by atoms with Gasteiger partial charge in [-0.15, -0.1) is 0 Å². The van der Waals surface area contributed by atoms with Crippen molar-refractivity contribution in [3.8, 4) is 5.75 Å². The van der Waals surface area contributed by atoms with Crippen molar-refractivity contribution in [2.75, 3.05) is 20.2 Å². The highest BCUT2D eigenvalue weighted by Crippen LogP contribution is 2.20. The van der Waals surface area contributed by atoms with Crippen LogP contribution in [0.3, 0.4) is 0 Å². The number of methoxy groups -OCH3 is 1. The molecular weight excluding hydrogens is 390 g/mol. The predicted molar refractivity (Wildman–Crippen MR) is 121 cm³/mol. The Kier molecular flexibility index (Phi) is 6.32. The number of benzene rings is 1. The minimum Gasteiger partial charge on any atom is -0.496 e. The molecule has 3 heterocycles. The van der Waals surface area contributed by atoms with Gasteiger partial charge in [-0.05, 0) is 69.0 Å². The van der Waals surface area contributed by atoms with Gasteiger partial charge in [0.05, 0.1) is 31.6 Å². The molecule has 1 aromatic carbocycles. The van der Waals surface area contributed by atoms with Gasteiger partial charge < -0.3 is 9.64 Å². The molecule has 2 N–H and O–H groups in total. The van der Waals surface area contributed by atoms with Crippen molar-refractivity contribution in [1.29, 1.82) is 0 Å². The summed E-state index contributed by atoms with van der Waals surface area (Å²) in [5, 5.41) is 4.37. The highest BCUT2D eigenvalue weighted by Gasteiger charge is 2.18. The van der Waals surface area contributed by atoms with Crippen LogP contribution in [0.25, 0.3) is 5.65 Å². The Morgan fingerprint density at radius 1 is 1.23 bits per heavy atom. The number of rotatable bonds is 6. The van der Waals surface area contributed by atoms with E-state index in [1.165, 1.54) is 37.9 Å². The van der Waals surface area contributed by atoms with E-state index in [4.69, 9.17) is 4.74 Å². The number of fused-ring (bicyclic) bond motifs is 1. The SMILES string of the molecule is COc1ccc(/C(C)=N\NC(=O)c2c(C)nc3ccccn23)cc1C[NH+]1CCCCC1. The lowest BCUT2D eigenvalue weighted by Gasteiger charge is -2.24. The van der Waals surface area contributed by atoms with E-state index in [-0.39, 0.29) is 5.91 Å². The normalized spacial score (nSPS) is 15.3. The number of aromatic nitrogens is 2. The molecule has 1 aliphatic rings. The first kappa shape index (κ1) is 21.1. The second-order valence-electron chi connectivity index (χ2n) is 8.13. The fourth-order valence-electron chi connectivity index (χ4n) is 4.28. The van der Waals surface area contributed by atoms with Crippen molar-refractivity contribution in [1.82, 2.24) is 14.8 Å². The van der Waals surface area contributed by atoms with Gasteiger partial charge in [0.15, 0.2) is 0 Å². The summed E-state index contributed by atoms with van der Waals surface area (Å²) in [6.45, 7) is 7.08. The van der Waals surface area contributed by atoms with Crippen molar-refractivity contribution >= 4 is 17.3 Å². The first-order valence-corrected chi connectivity index (χ1v) is 10.9. The molecule has 162 valence electrons. The zero-order chi connectivity index (χ0) is 21.8. The number of nitrogens with zero attached hydrogens (tertiary/aromatic N) is 3. The van der Waals surface area contributed by atoms with Crippen molar-refractivity contribution in [3.63, 3.8) is 0 Å². The van der Waals surface area contributed by atoms with E-state index in [0.717, 1.165) is 29.2 Å². The molecule has 0 radical (unpaired) electrons. The Hall–Kier alpha value is -3.19. The van der Waals surface area contributed by atoms with Crippen LogP contribution in [0.5, 0.6) is 5.75 Å². The Balaban J connectivity index is 1.53. The number of amides is 1. The predicted octanol–water partition coefficient (Wildman–Crippen LogP) is 2.37. The fraction of sp³-hybridized carbons (Fsp3) is 0.375. The summed E-state index contributed by atoms with van der Waals surface area (Å²) < 4.78 is 7.37. The fourth-order valence-corrected chi connectivity index (χ4v) is 4.28. The lowest BCUT2D eigenvalue weighted by Crippen LogP contribution is -3.11. The van der Waals surface area contributed by atoms with E-state index in [1.807, 2.05) is 50.4 Å². The minimum atomic E-state index is -0.276. The lowest BCUT2D eigenvalue weighted by molar-refractivity contribution is -0.918.